The third-order valence-electron chi connectivity index (χ3n) is 6.13. The van der Waals surface area contributed by atoms with Gasteiger partial charge in [0.15, 0.2) is 17.4 Å². The summed E-state index contributed by atoms with van der Waals surface area (Å²) >= 11 is 0. The van der Waals surface area contributed by atoms with E-state index in [2.05, 4.69) is 15.3 Å². The van der Waals surface area contributed by atoms with E-state index in [9.17, 15) is 18.8 Å². The molecule has 0 aliphatic heterocycles. The van der Waals surface area contributed by atoms with Crippen LogP contribution in [-0.4, -0.2) is 28.4 Å². The summed E-state index contributed by atoms with van der Waals surface area (Å²) in [6.45, 7) is 1.77. The number of ether oxygens (including phenoxy) is 2. The van der Waals surface area contributed by atoms with Gasteiger partial charge in [-0.25, -0.2) is 18.2 Å². The number of rotatable bonds is 9. The third kappa shape index (κ3) is 6.06. The number of aromatic nitrogens is 2. The predicted molar refractivity (Wildman–Crippen MR) is 143 cm³/mol. The number of hydrogen-bond acceptors (Lipinski definition) is 6. The molecular weight excluding hydrogens is 541 g/mol. The van der Waals surface area contributed by atoms with Gasteiger partial charge in [-0.15, -0.1) is 0 Å². The second kappa shape index (κ2) is 11.5. The monoisotopic (exact) mass is 564 g/mol. The second-order valence-electron chi connectivity index (χ2n) is 9.07. The van der Waals surface area contributed by atoms with Gasteiger partial charge in [0.2, 0.25) is 5.91 Å². The topological polar surface area (TPSA) is 114 Å². The molecule has 0 atom stereocenters. The number of hydrogen-bond donors (Lipinski definition) is 2. The first-order valence-corrected chi connectivity index (χ1v) is 12.6. The van der Waals surface area contributed by atoms with E-state index in [0.29, 0.717) is 0 Å². The molecule has 2 aromatic carbocycles. The van der Waals surface area contributed by atoms with Crippen molar-refractivity contribution < 1.29 is 32.2 Å². The number of carbonyl (C=O) groups excluding carboxylic acids is 2. The molecule has 2 aromatic heterocycles. The normalized spacial score (nSPS) is 12.5. The lowest BCUT2D eigenvalue weighted by Crippen LogP contribution is -2.32. The molecule has 0 saturated heterocycles. The van der Waals surface area contributed by atoms with Gasteiger partial charge in [0.05, 0.1) is 12.3 Å². The molecule has 1 aliphatic carbocycles. The fourth-order valence-electron chi connectivity index (χ4n) is 4.02. The number of anilines is 3. The minimum absolute atomic E-state index is 0.0424. The van der Waals surface area contributed by atoms with Gasteiger partial charge in [-0.05, 0) is 56.2 Å². The summed E-state index contributed by atoms with van der Waals surface area (Å²) in [6, 6.07) is 9.98. The zero-order valence-corrected chi connectivity index (χ0v) is 21.6. The van der Waals surface area contributed by atoms with Gasteiger partial charge in [0.1, 0.15) is 28.7 Å². The van der Waals surface area contributed by atoms with Crippen LogP contribution in [0.1, 0.15) is 30.1 Å². The van der Waals surface area contributed by atoms with Crippen molar-refractivity contribution in [2.45, 2.75) is 19.8 Å². The van der Waals surface area contributed by atoms with Gasteiger partial charge in [-0.1, -0.05) is 0 Å². The van der Waals surface area contributed by atoms with Gasteiger partial charge >= 0.3 is 0 Å². The minimum atomic E-state index is -1.08. The van der Waals surface area contributed by atoms with E-state index in [1.807, 2.05) is 0 Å². The lowest BCUT2D eigenvalue weighted by molar-refractivity contribution is -0.117. The Morgan fingerprint density at radius 3 is 2.49 bits per heavy atom. The Balaban J connectivity index is 1.51. The number of nitrogens with one attached hydrogen (secondary N) is 2. The average molecular weight is 565 g/mol. The molecule has 2 heterocycles. The van der Waals surface area contributed by atoms with Crippen molar-refractivity contribution in [3.05, 3.63) is 100 Å². The van der Waals surface area contributed by atoms with E-state index >= 15 is 8.78 Å². The van der Waals surface area contributed by atoms with Crippen LogP contribution in [0.15, 0.2) is 71.8 Å². The Kier molecular flexibility index (Phi) is 7.72. The van der Waals surface area contributed by atoms with E-state index in [1.54, 1.807) is 6.92 Å². The molecule has 0 spiro atoms. The largest absolute Gasteiger partial charge is 0.493 e. The average Bonchev–Trinajstić information content (AvgIpc) is 3.79. The van der Waals surface area contributed by atoms with Crippen molar-refractivity contribution in [3.8, 4) is 17.2 Å². The van der Waals surface area contributed by atoms with Gasteiger partial charge in [-0.2, -0.15) is 0 Å². The second-order valence-corrected chi connectivity index (χ2v) is 9.07. The van der Waals surface area contributed by atoms with Gasteiger partial charge < -0.3 is 19.8 Å². The summed E-state index contributed by atoms with van der Waals surface area (Å²) in [6.07, 6.45) is 4.20. The molecule has 1 aliphatic rings. The highest BCUT2D eigenvalue weighted by Gasteiger charge is 2.31. The SMILES string of the molecule is CCOc1cc[nH]c(=O)c1C(=O)N(c1ccc(F)cc1)c1cc(F)c(Oc2ccnc(NC(=O)C3CC3)c2)cc1F. The van der Waals surface area contributed by atoms with Crippen LogP contribution in [0.4, 0.5) is 30.4 Å². The quantitative estimate of drug-likeness (QED) is 0.270. The first-order chi connectivity index (χ1) is 19.7. The summed E-state index contributed by atoms with van der Waals surface area (Å²) in [4.78, 5) is 45.6. The maximum atomic E-state index is 15.6. The lowest BCUT2D eigenvalue weighted by Gasteiger charge is -2.24. The Morgan fingerprint density at radius 1 is 1.02 bits per heavy atom. The number of amides is 2. The van der Waals surface area contributed by atoms with E-state index in [1.165, 1.54) is 42.7 Å². The molecule has 12 heteroatoms. The minimum Gasteiger partial charge on any atom is -0.493 e. The number of pyridine rings is 2. The van der Waals surface area contributed by atoms with Crippen LogP contribution in [0.5, 0.6) is 17.2 Å². The molecule has 5 rings (SSSR count). The van der Waals surface area contributed by atoms with Crippen molar-refractivity contribution in [2.75, 3.05) is 16.8 Å². The van der Waals surface area contributed by atoms with E-state index in [-0.39, 0.29) is 41.4 Å². The molecule has 41 heavy (non-hydrogen) atoms. The Hall–Kier alpha value is -5.13. The Bertz CT molecular complexity index is 1670. The van der Waals surface area contributed by atoms with Gasteiger partial charge in [0.25, 0.3) is 11.5 Å². The molecule has 1 fully saturated rings. The molecule has 2 N–H and O–H groups in total. The standard InChI is InChI=1S/C29H23F3N4O5/c1-2-40-23-10-12-34-28(38)26(23)29(39)36(18-7-5-17(30)6-8-18)22-14-21(32)24(15-20(22)31)41-19-9-11-33-25(13-19)35-27(37)16-3-4-16/h5-16H,2-4H2,1H3,(H,34,38)(H,33,35,37). The molecule has 210 valence electrons. The Morgan fingerprint density at radius 2 is 1.78 bits per heavy atom. The molecule has 0 unspecified atom stereocenters. The third-order valence-corrected chi connectivity index (χ3v) is 6.13. The highest BCUT2D eigenvalue weighted by molar-refractivity contribution is 6.12. The van der Waals surface area contributed by atoms with Crippen LogP contribution in [0, 0.1) is 23.4 Å². The van der Waals surface area contributed by atoms with Crippen molar-refractivity contribution in [2.24, 2.45) is 5.92 Å². The van der Waals surface area contributed by atoms with Crippen LogP contribution >= 0.6 is 0 Å². The van der Waals surface area contributed by atoms with E-state index in [4.69, 9.17) is 9.47 Å². The number of halogens is 3. The number of carbonyl (C=O) groups is 2. The molecule has 4 aromatic rings. The number of H-pyrrole nitrogens is 1. The van der Waals surface area contributed by atoms with Crippen LogP contribution < -0.4 is 25.2 Å². The van der Waals surface area contributed by atoms with Crippen LogP contribution in [0.25, 0.3) is 0 Å². The van der Waals surface area contributed by atoms with Crippen molar-refractivity contribution in [3.63, 3.8) is 0 Å². The van der Waals surface area contributed by atoms with Gasteiger partial charge in [-0.3, -0.25) is 19.3 Å². The van der Waals surface area contributed by atoms with E-state index in [0.717, 1.165) is 42.0 Å². The maximum absolute atomic E-state index is 15.6. The zero-order chi connectivity index (χ0) is 29.1. The zero-order valence-electron chi connectivity index (χ0n) is 21.6. The summed E-state index contributed by atoms with van der Waals surface area (Å²) in [5.74, 6) is -4.39. The van der Waals surface area contributed by atoms with Crippen molar-refractivity contribution in [1.82, 2.24) is 9.97 Å². The summed E-state index contributed by atoms with van der Waals surface area (Å²) in [7, 11) is 0. The molecule has 1 saturated carbocycles. The van der Waals surface area contributed by atoms with Crippen LogP contribution in [0.2, 0.25) is 0 Å². The van der Waals surface area contributed by atoms with E-state index < -0.39 is 45.9 Å². The Labute approximate surface area is 231 Å². The molecular formula is C29H23F3N4O5. The molecule has 9 nitrogen and oxygen atoms in total. The number of aromatic amines is 1. The smallest absolute Gasteiger partial charge is 0.272 e. The summed E-state index contributed by atoms with van der Waals surface area (Å²) < 4.78 is 55.6. The highest BCUT2D eigenvalue weighted by atomic mass is 19.1. The number of nitrogens with zero attached hydrogens (tertiary/aromatic N) is 2. The number of benzene rings is 2. The molecule has 0 radical (unpaired) electrons. The summed E-state index contributed by atoms with van der Waals surface area (Å²) in [5.41, 5.74) is -1.89. The van der Waals surface area contributed by atoms with Crippen LogP contribution in [0.3, 0.4) is 0 Å². The predicted octanol–water partition coefficient (Wildman–Crippen LogP) is 5.71. The summed E-state index contributed by atoms with van der Waals surface area (Å²) in [5, 5.41) is 2.64. The lowest BCUT2D eigenvalue weighted by atomic mass is 10.1. The van der Waals surface area contributed by atoms with Gasteiger partial charge in [0, 0.05) is 42.2 Å². The highest BCUT2D eigenvalue weighted by Crippen LogP contribution is 2.36. The first kappa shape index (κ1) is 27.4. The van der Waals surface area contributed by atoms with Crippen molar-refractivity contribution in [1.29, 1.82) is 0 Å². The van der Waals surface area contributed by atoms with Crippen molar-refractivity contribution >= 4 is 29.0 Å². The first-order valence-electron chi connectivity index (χ1n) is 12.6. The maximum Gasteiger partial charge on any atom is 0.272 e. The fourth-order valence-corrected chi connectivity index (χ4v) is 4.02. The van der Waals surface area contributed by atoms with Crippen LogP contribution in [-0.2, 0) is 4.79 Å². The molecule has 2 amide bonds. The molecule has 0 bridgehead atoms. The fraction of sp³-hybridized carbons (Fsp3) is 0.172.